The highest BCUT2D eigenvalue weighted by Crippen LogP contribution is 2.22. The summed E-state index contributed by atoms with van der Waals surface area (Å²) >= 11 is 0. The Morgan fingerprint density at radius 2 is 1.58 bits per heavy atom. The van der Waals surface area contributed by atoms with Gasteiger partial charge in [0, 0.05) is 5.56 Å². The molecule has 0 aliphatic heterocycles. The third kappa shape index (κ3) is 4.93. The molecule has 128 valence electrons. The largest absolute Gasteiger partial charge is 0.340 e. The van der Waals surface area contributed by atoms with Crippen LogP contribution in [0, 0.1) is 0 Å². The molecule has 0 aliphatic rings. The topological polar surface area (TPSA) is 33.5 Å². The lowest BCUT2D eigenvalue weighted by atomic mass is 9.86. The summed E-state index contributed by atoms with van der Waals surface area (Å²) < 4.78 is 0. The second-order valence-corrected chi connectivity index (χ2v) is 7.68. The summed E-state index contributed by atoms with van der Waals surface area (Å²) in [7, 11) is 4.19. The zero-order valence-corrected chi connectivity index (χ0v) is 15.4. The van der Waals surface area contributed by atoms with Gasteiger partial charge in [-0.05, 0) is 28.7 Å². The van der Waals surface area contributed by atoms with E-state index in [1.54, 1.807) is 0 Å². The van der Waals surface area contributed by atoms with Crippen molar-refractivity contribution in [3.8, 4) is 0 Å². The average Bonchev–Trinajstić information content (AvgIpc) is 2.54. The smallest absolute Gasteiger partial charge is 0.251 e. The summed E-state index contributed by atoms with van der Waals surface area (Å²) in [5.74, 6) is -0.0226. The Hall–Kier alpha value is -2.13. The van der Waals surface area contributed by atoms with E-state index in [4.69, 9.17) is 0 Å². The molecule has 3 heteroatoms. The van der Waals surface area contributed by atoms with Gasteiger partial charge in [0.15, 0.2) is 0 Å². The summed E-state index contributed by atoms with van der Waals surface area (Å²) in [5, 5.41) is 3.18. The molecule has 3 nitrogen and oxygen atoms in total. The third-order valence-electron chi connectivity index (χ3n) is 4.13. The van der Waals surface area contributed by atoms with E-state index in [1.165, 1.54) is 10.5 Å². The Kier molecular flexibility index (Phi) is 5.79. The van der Waals surface area contributed by atoms with E-state index in [2.05, 4.69) is 52.3 Å². The summed E-state index contributed by atoms with van der Waals surface area (Å²) in [4.78, 5) is 13.9. The lowest BCUT2D eigenvalue weighted by Crippen LogP contribution is -3.06. The average molecular weight is 325 g/mol. The molecule has 2 N–H and O–H groups in total. The Morgan fingerprint density at radius 1 is 1.00 bits per heavy atom. The van der Waals surface area contributed by atoms with Crippen LogP contribution in [0.3, 0.4) is 0 Å². The zero-order valence-electron chi connectivity index (χ0n) is 15.4. The van der Waals surface area contributed by atoms with Gasteiger partial charge in [-0.1, -0.05) is 63.2 Å². The molecular formula is C21H29N2O+. The van der Waals surface area contributed by atoms with Crippen LogP contribution in [0.15, 0.2) is 54.6 Å². The number of amides is 1. The minimum Gasteiger partial charge on any atom is -0.340 e. The van der Waals surface area contributed by atoms with Gasteiger partial charge in [0.05, 0.1) is 14.1 Å². The van der Waals surface area contributed by atoms with Crippen molar-refractivity contribution in [2.45, 2.75) is 32.2 Å². The number of nitrogens with one attached hydrogen (secondary N) is 2. The molecule has 1 atom stereocenters. The molecule has 0 saturated heterocycles. The maximum atomic E-state index is 12.7. The van der Waals surface area contributed by atoms with Crippen molar-refractivity contribution in [1.29, 1.82) is 0 Å². The van der Waals surface area contributed by atoms with Crippen molar-refractivity contribution < 1.29 is 9.69 Å². The number of benzene rings is 2. The van der Waals surface area contributed by atoms with Crippen LogP contribution in [0.25, 0.3) is 0 Å². The van der Waals surface area contributed by atoms with Gasteiger partial charge in [-0.3, -0.25) is 4.79 Å². The molecule has 2 aromatic rings. The van der Waals surface area contributed by atoms with E-state index in [-0.39, 0.29) is 17.4 Å². The molecule has 0 aliphatic carbocycles. The number of carbonyl (C=O) groups excluding carboxylic acids is 1. The standard InChI is InChI=1S/C21H28N2O/c1-21(2,3)18-13-11-17(12-14-18)20(24)22-19(15-23(4)5)16-9-7-6-8-10-16/h6-14,19H,15H2,1-5H3,(H,22,24)/p+1/t19-/m1/s1. The Morgan fingerprint density at radius 3 is 2.08 bits per heavy atom. The second-order valence-electron chi connectivity index (χ2n) is 7.68. The fourth-order valence-corrected chi connectivity index (χ4v) is 2.71. The Labute approximate surface area is 145 Å². The molecule has 0 bridgehead atoms. The highest BCUT2D eigenvalue weighted by molar-refractivity contribution is 5.94. The number of rotatable bonds is 5. The predicted molar refractivity (Wildman–Crippen MR) is 99.5 cm³/mol. The van der Waals surface area contributed by atoms with E-state index in [0.29, 0.717) is 5.56 Å². The van der Waals surface area contributed by atoms with Crippen LogP contribution in [0.1, 0.15) is 48.3 Å². The normalized spacial score (nSPS) is 12.9. The van der Waals surface area contributed by atoms with Crippen molar-refractivity contribution in [2.24, 2.45) is 0 Å². The van der Waals surface area contributed by atoms with Gasteiger partial charge in [0.2, 0.25) is 0 Å². The fraction of sp³-hybridized carbons (Fsp3) is 0.381. The number of hydrogen-bond donors (Lipinski definition) is 2. The first kappa shape index (κ1) is 18.2. The molecule has 0 fully saturated rings. The number of carbonyl (C=O) groups is 1. The van der Waals surface area contributed by atoms with Gasteiger partial charge in [-0.2, -0.15) is 0 Å². The molecule has 0 spiro atoms. The van der Waals surface area contributed by atoms with Gasteiger partial charge >= 0.3 is 0 Å². The maximum absolute atomic E-state index is 12.7. The first-order valence-electron chi connectivity index (χ1n) is 8.53. The molecule has 0 unspecified atom stereocenters. The molecule has 2 aromatic carbocycles. The van der Waals surface area contributed by atoms with E-state index in [1.807, 2.05) is 42.5 Å². The zero-order chi connectivity index (χ0) is 17.7. The van der Waals surface area contributed by atoms with Crippen molar-refractivity contribution in [1.82, 2.24) is 5.32 Å². The maximum Gasteiger partial charge on any atom is 0.251 e. The van der Waals surface area contributed by atoms with E-state index in [9.17, 15) is 4.79 Å². The van der Waals surface area contributed by atoms with Crippen LogP contribution in [-0.2, 0) is 5.41 Å². The summed E-state index contributed by atoms with van der Waals surface area (Å²) in [5.41, 5.74) is 3.17. The number of hydrogen-bond acceptors (Lipinski definition) is 1. The van der Waals surface area contributed by atoms with Gasteiger partial charge < -0.3 is 10.2 Å². The first-order chi connectivity index (χ1) is 11.3. The van der Waals surface area contributed by atoms with E-state index in [0.717, 1.165) is 12.1 Å². The van der Waals surface area contributed by atoms with Gasteiger partial charge in [0.25, 0.3) is 5.91 Å². The summed E-state index contributed by atoms with van der Waals surface area (Å²) in [6.45, 7) is 7.37. The SMILES string of the molecule is C[NH+](C)C[C@@H](NC(=O)c1ccc(C(C)(C)C)cc1)c1ccccc1. The molecule has 0 heterocycles. The Balaban J connectivity index is 2.15. The summed E-state index contributed by atoms with van der Waals surface area (Å²) in [6, 6.07) is 18.1. The van der Waals surface area contributed by atoms with Crippen molar-refractivity contribution in [3.05, 3.63) is 71.3 Å². The van der Waals surface area contributed by atoms with E-state index >= 15 is 0 Å². The quantitative estimate of drug-likeness (QED) is 0.870. The highest BCUT2D eigenvalue weighted by atomic mass is 16.1. The summed E-state index contributed by atoms with van der Waals surface area (Å²) in [6.07, 6.45) is 0. The number of likely N-dealkylation sites (N-methyl/N-ethyl adjacent to an activating group) is 1. The molecule has 0 radical (unpaired) electrons. The lowest BCUT2D eigenvalue weighted by molar-refractivity contribution is -0.860. The van der Waals surface area contributed by atoms with Crippen molar-refractivity contribution in [2.75, 3.05) is 20.6 Å². The minimum atomic E-state index is -0.0226. The predicted octanol–water partition coefficient (Wildman–Crippen LogP) is 2.60. The van der Waals surface area contributed by atoms with Crippen LogP contribution in [0.4, 0.5) is 0 Å². The van der Waals surface area contributed by atoms with Gasteiger partial charge in [0.1, 0.15) is 12.6 Å². The molecule has 0 aromatic heterocycles. The van der Waals surface area contributed by atoms with Crippen LogP contribution in [-0.4, -0.2) is 26.5 Å². The molecule has 2 rings (SSSR count). The third-order valence-corrected chi connectivity index (χ3v) is 4.13. The number of quaternary nitrogens is 1. The van der Waals surface area contributed by atoms with Crippen LogP contribution < -0.4 is 10.2 Å². The van der Waals surface area contributed by atoms with Crippen LogP contribution in [0.5, 0.6) is 0 Å². The highest BCUT2D eigenvalue weighted by Gasteiger charge is 2.19. The first-order valence-corrected chi connectivity index (χ1v) is 8.53. The molecule has 0 saturated carbocycles. The monoisotopic (exact) mass is 325 g/mol. The molecule has 24 heavy (non-hydrogen) atoms. The Bertz CT molecular complexity index is 654. The second kappa shape index (κ2) is 7.63. The fourth-order valence-electron chi connectivity index (χ4n) is 2.71. The lowest BCUT2D eigenvalue weighted by Gasteiger charge is -2.22. The van der Waals surface area contributed by atoms with Crippen LogP contribution >= 0.6 is 0 Å². The minimum absolute atomic E-state index is 0.00555. The molecule has 1 amide bonds. The molecular weight excluding hydrogens is 296 g/mol. The van der Waals surface area contributed by atoms with Crippen LogP contribution in [0.2, 0.25) is 0 Å². The van der Waals surface area contributed by atoms with Gasteiger partial charge in [-0.15, -0.1) is 0 Å². The van der Waals surface area contributed by atoms with Crippen molar-refractivity contribution >= 4 is 5.91 Å². The van der Waals surface area contributed by atoms with E-state index < -0.39 is 0 Å². The van der Waals surface area contributed by atoms with Gasteiger partial charge in [-0.25, -0.2) is 0 Å². The van der Waals surface area contributed by atoms with Crippen molar-refractivity contribution in [3.63, 3.8) is 0 Å².